The van der Waals surface area contributed by atoms with Gasteiger partial charge in [0.15, 0.2) is 11.3 Å². The fraction of sp³-hybridized carbons (Fsp3) is 0.0833. The number of nitrogens with zero attached hydrogens (tertiary/aromatic N) is 5. The summed E-state index contributed by atoms with van der Waals surface area (Å²) in [5, 5.41) is 23.7. The number of H-pyrrole nitrogens is 1. The molecule has 0 unspecified atom stereocenters. The Bertz CT molecular complexity index is 1540. The van der Waals surface area contributed by atoms with E-state index in [0.29, 0.717) is 35.9 Å². The van der Waals surface area contributed by atoms with Crippen LogP contribution in [0.15, 0.2) is 67.0 Å². The lowest BCUT2D eigenvalue weighted by Crippen LogP contribution is -2.17. The Hall–Kier alpha value is -4.73. The van der Waals surface area contributed by atoms with Crippen LogP contribution in [0.2, 0.25) is 0 Å². The smallest absolute Gasteiger partial charge is 0.276 e. The number of phenols is 1. The van der Waals surface area contributed by atoms with Crippen LogP contribution in [0.1, 0.15) is 21.6 Å². The third-order valence-corrected chi connectivity index (χ3v) is 5.76. The second-order valence-electron chi connectivity index (χ2n) is 8.06. The molecule has 6 rings (SSSR count). The third-order valence-electron chi connectivity index (χ3n) is 5.76. The molecular weight excluding hydrogens is 437 g/mol. The first kappa shape index (κ1) is 19.9. The summed E-state index contributed by atoms with van der Waals surface area (Å²) in [6, 6.07) is 14.6. The summed E-state index contributed by atoms with van der Waals surface area (Å²) in [6.07, 6.45) is 3.40. The first-order valence-electron chi connectivity index (χ1n) is 10.6. The van der Waals surface area contributed by atoms with Gasteiger partial charge in [0, 0.05) is 48.7 Å². The van der Waals surface area contributed by atoms with Crippen molar-refractivity contribution < 1.29 is 14.3 Å². The zero-order valence-corrected chi connectivity index (χ0v) is 17.7. The normalized spacial score (nSPS) is 12.8. The Kier molecular flexibility index (Phi) is 4.51. The van der Waals surface area contributed by atoms with E-state index in [1.165, 1.54) is 18.2 Å². The molecule has 1 aliphatic heterocycles. The Balaban J connectivity index is 1.39. The van der Waals surface area contributed by atoms with E-state index in [4.69, 9.17) is 4.98 Å². The first-order valence-corrected chi connectivity index (χ1v) is 10.6. The van der Waals surface area contributed by atoms with E-state index in [1.54, 1.807) is 47.2 Å². The van der Waals surface area contributed by atoms with Gasteiger partial charge in [-0.25, -0.2) is 13.9 Å². The highest BCUT2D eigenvalue weighted by molar-refractivity contribution is 6.03. The molecule has 0 radical (unpaired) electrons. The lowest BCUT2D eigenvalue weighted by atomic mass is 10.1. The molecule has 4 heterocycles. The van der Waals surface area contributed by atoms with Gasteiger partial charge in [-0.05, 0) is 35.4 Å². The van der Waals surface area contributed by atoms with Gasteiger partial charge in [-0.1, -0.05) is 12.1 Å². The first-order chi connectivity index (χ1) is 16.5. The molecule has 168 valence electrons. The summed E-state index contributed by atoms with van der Waals surface area (Å²) in [5.74, 6) is 0.0362. The molecule has 0 aliphatic carbocycles. The van der Waals surface area contributed by atoms with Crippen LogP contribution < -0.4 is 10.2 Å². The maximum Gasteiger partial charge on any atom is 0.276 e. The van der Waals surface area contributed by atoms with E-state index in [9.17, 15) is 14.3 Å². The van der Waals surface area contributed by atoms with Gasteiger partial charge in [-0.3, -0.25) is 9.89 Å². The van der Waals surface area contributed by atoms with Crippen molar-refractivity contribution in [1.29, 1.82) is 0 Å². The average molecular weight is 455 g/mol. The van der Waals surface area contributed by atoms with Crippen molar-refractivity contribution in [3.8, 4) is 17.0 Å². The van der Waals surface area contributed by atoms with Crippen LogP contribution in [0.4, 0.5) is 15.9 Å². The van der Waals surface area contributed by atoms with Crippen molar-refractivity contribution in [2.75, 3.05) is 10.2 Å². The minimum absolute atomic E-state index is 0.0489. The monoisotopic (exact) mass is 455 g/mol. The van der Waals surface area contributed by atoms with Crippen LogP contribution >= 0.6 is 0 Å². The molecule has 10 heteroatoms. The predicted octanol–water partition coefficient (Wildman–Crippen LogP) is 3.74. The predicted molar refractivity (Wildman–Crippen MR) is 123 cm³/mol. The molecule has 1 aliphatic rings. The summed E-state index contributed by atoms with van der Waals surface area (Å²) in [7, 11) is 0. The van der Waals surface area contributed by atoms with Crippen molar-refractivity contribution in [3.05, 3.63) is 89.6 Å². The number of fused-ring (bicyclic) bond motifs is 2. The second kappa shape index (κ2) is 7.69. The Labute approximate surface area is 192 Å². The molecule has 3 aromatic heterocycles. The van der Waals surface area contributed by atoms with Gasteiger partial charge in [0.1, 0.15) is 17.4 Å². The largest absolute Gasteiger partial charge is 0.508 e. The van der Waals surface area contributed by atoms with Gasteiger partial charge in [0.2, 0.25) is 0 Å². The number of aromatic hydroxyl groups is 1. The number of aromatic nitrogens is 5. The fourth-order valence-corrected chi connectivity index (χ4v) is 4.13. The number of nitrogens with one attached hydrogen (secondary N) is 2. The number of phenolic OH excluding ortho intramolecular Hbond substituents is 1. The molecule has 0 spiro atoms. The molecular formula is C24H18FN7O2. The molecule has 0 saturated carbocycles. The topological polar surface area (TPSA) is 111 Å². The van der Waals surface area contributed by atoms with Crippen LogP contribution in [0.25, 0.3) is 16.9 Å². The number of aromatic amines is 1. The molecule has 0 saturated heterocycles. The van der Waals surface area contributed by atoms with E-state index in [-0.39, 0.29) is 17.3 Å². The number of hydrogen-bond acceptors (Lipinski definition) is 6. The van der Waals surface area contributed by atoms with E-state index >= 15 is 0 Å². The van der Waals surface area contributed by atoms with E-state index in [2.05, 4.69) is 20.6 Å². The number of anilines is 2. The highest BCUT2D eigenvalue weighted by Gasteiger charge is 2.23. The summed E-state index contributed by atoms with van der Waals surface area (Å²) in [4.78, 5) is 19.6. The minimum atomic E-state index is -0.431. The molecule has 3 N–H and O–H groups in total. The molecule has 34 heavy (non-hydrogen) atoms. The summed E-state index contributed by atoms with van der Waals surface area (Å²) in [5.41, 5.74) is 4.56. The number of rotatable bonds is 4. The Morgan fingerprint density at radius 2 is 1.97 bits per heavy atom. The summed E-state index contributed by atoms with van der Waals surface area (Å²) < 4.78 is 15.3. The number of hydrogen-bond donors (Lipinski definition) is 3. The van der Waals surface area contributed by atoms with Gasteiger partial charge >= 0.3 is 0 Å². The van der Waals surface area contributed by atoms with Crippen LogP contribution in [-0.4, -0.2) is 35.8 Å². The van der Waals surface area contributed by atoms with Gasteiger partial charge in [-0.15, -0.1) is 0 Å². The van der Waals surface area contributed by atoms with Crippen LogP contribution in [0.3, 0.4) is 0 Å². The number of carbonyl (C=O) groups is 1. The lowest BCUT2D eigenvalue weighted by molar-refractivity contribution is 0.102. The zero-order chi connectivity index (χ0) is 23.2. The molecule has 9 nitrogen and oxygen atoms in total. The molecule has 0 fully saturated rings. The number of carbonyl (C=O) groups excluding carboxylic acids is 1. The standard InChI is InChI=1S/C24H18FN7O2/c25-17-5-4-14-12-31(13-15(14)6-17)22-9-21(16-10-26-27-11-16)32-23(29-22)8-20(30-32)24(34)28-18-2-1-3-19(33)7-18/h1-11,33H,12-13H2,(H,26,27)(H,28,34). The number of benzene rings is 2. The van der Waals surface area contributed by atoms with Crippen LogP contribution in [0, 0.1) is 5.82 Å². The Morgan fingerprint density at radius 3 is 2.79 bits per heavy atom. The van der Waals surface area contributed by atoms with Crippen molar-refractivity contribution in [1.82, 2.24) is 24.8 Å². The highest BCUT2D eigenvalue weighted by atomic mass is 19.1. The second-order valence-corrected chi connectivity index (χ2v) is 8.06. The molecule has 2 aromatic carbocycles. The molecule has 0 atom stereocenters. The van der Waals surface area contributed by atoms with E-state index in [1.807, 2.05) is 11.0 Å². The number of halogens is 1. The van der Waals surface area contributed by atoms with Gasteiger partial charge in [-0.2, -0.15) is 10.2 Å². The van der Waals surface area contributed by atoms with Crippen molar-refractivity contribution in [3.63, 3.8) is 0 Å². The highest BCUT2D eigenvalue weighted by Crippen LogP contribution is 2.31. The van der Waals surface area contributed by atoms with E-state index in [0.717, 1.165) is 16.7 Å². The average Bonchev–Trinajstić information content (AvgIpc) is 3.57. The quantitative estimate of drug-likeness (QED) is 0.381. The summed E-state index contributed by atoms with van der Waals surface area (Å²) >= 11 is 0. The Morgan fingerprint density at radius 1 is 1.09 bits per heavy atom. The molecule has 0 bridgehead atoms. The maximum atomic E-state index is 13.7. The van der Waals surface area contributed by atoms with Crippen molar-refractivity contribution in [2.24, 2.45) is 0 Å². The zero-order valence-electron chi connectivity index (χ0n) is 17.7. The van der Waals surface area contributed by atoms with Crippen LogP contribution in [0.5, 0.6) is 5.75 Å². The van der Waals surface area contributed by atoms with Crippen LogP contribution in [-0.2, 0) is 13.1 Å². The molecule has 5 aromatic rings. The molecule has 1 amide bonds. The number of amides is 1. The third kappa shape index (κ3) is 3.51. The van der Waals surface area contributed by atoms with Crippen molar-refractivity contribution >= 4 is 23.1 Å². The SMILES string of the molecule is O=C(Nc1cccc(O)c1)c1cc2nc(N3Cc4ccc(F)cc4C3)cc(-c3cn[nH]c3)n2n1. The fourth-order valence-electron chi connectivity index (χ4n) is 4.13. The van der Waals surface area contributed by atoms with Gasteiger partial charge in [0.05, 0.1) is 11.9 Å². The lowest BCUT2D eigenvalue weighted by Gasteiger charge is -2.17. The summed E-state index contributed by atoms with van der Waals surface area (Å²) in [6.45, 7) is 1.13. The van der Waals surface area contributed by atoms with Gasteiger partial charge < -0.3 is 15.3 Å². The maximum absolute atomic E-state index is 13.7. The van der Waals surface area contributed by atoms with Gasteiger partial charge in [0.25, 0.3) is 5.91 Å². The minimum Gasteiger partial charge on any atom is -0.508 e. The van der Waals surface area contributed by atoms with E-state index < -0.39 is 5.91 Å². The van der Waals surface area contributed by atoms with Crippen molar-refractivity contribution in [2.45, 2.75) is 13.1 Å².